The number of sulfonamides is 1. The number of hydrogen-bond donors (Lipinski definition) is 2. The first kappa shape index (κ1) is 19.3. The molecule has 1 fully saturated rings. The van der Waals surface area contributed by atoms with Crippen LogP contribution in [0.1, 0.15) is 10.4 Å². The number of carbonyl (C=O) groups excluding carboxylic acids is 2. The van der Waals surface area contributed by atoms with Gasteiger partial charge in [-0.3, -0.25) is 9.59 Å². The van der Waals surface area contributed by atoms with Crippen molar-refractivity contribution in [1.82, 2.24) is 9.62 Å². The van der Waals surface area contributed by atoms with Gasteiger partial charge in [-0.1, -0.05) is 17.7 Å². The Morgan fingerprint density at radius 1 is 1.22 bits per heavy atom. The van der Waals surface area contributed by atoms with Crippen molar-refractivity contribution >= 4 is 39.1 Å². The molecule has 0 saturated carbocycles. The summed E-state index contributed by atoms with van der Waals surface area (Å²) in [6.07, 6.45) is 0. The molecule has 0 spiro atoms. The van der Waals surface area contributed by atoms with Crippen LogP contribution >= 0.6 is 11.6 Å². The zero-order valence-electron chi connectivity index (χ0n) is 13.9. The number of halogens is 2. The van der Waals surface area contributed by atoms with Crippen molar-refractivity contribution in [3.63, 3.8) is 0 Å². The van der Waals surface area contributed by atoms with E-state index in [-0.39, 0.29) is 40.8 Å². The highest BCUT2D eigenvalue weighted by molar-refractivity contribution is 7.89. The van der Waals surface area contributed by atoms with Gasteiger partial charge in [-0.15, -0.1) is 0 Å². The average molecular weight is 412 g/mol. The third kappa shape index (κ3) is 4.26. The molecule has 2 aromatic rings. The Morgan fingerprint density at radius 2 is 2.00 bits per heavy atom. The first-order valence-corrected chi connectivity index (χ1v) is 9.72. The molecule has 2 amide bonds. The number of benzene rings is 2. The molecule has 0 bridgehead atoms. The summed E-state index contributed by atoms with van der Waals surface area (Å²) >= 11 is 5.79. The zero-order valence-corrected chi connectivity index (χ0v) is 15.5. The van der Waals surface area contributed by atoms with E-state index < -0.39 is 27.7 Å². The number of amides is 2. The Morgan fingerprint density at radius 3 is 2.74 bits per heavy atom. The maximum atomic E-state index is 13.8. The van der Waals surface area contributed by atoms with Gasteiger partial charge in [0.25, 0.3) is 5.91 Å². The van der Waals surface area contributed by atoms with Gasteiger partial charge in [-0.25, -0.2) is 12.8 Å². The van der Waals surface area contributed by atoms with Gasteiger partial charge in [0, 0.05) is 23.7 Å². The lowest BCUT2D eigenvalue weighted by molar-refractivity contribution is -0.122. The van der Waals surface area contributed by atoms with E-state index in [9.17, 15) is 22.4 Å². The Kier molecular flexibility index (Phi) is 5.45. The fraction of sp³-hybridized carbons (Fsp3) is 0.176. The maximum absolute atomic E-state index is 13.8. The summed E-state index contributed by atoms with van der Waals surface area (Å²) in [6.45, 7) is 0.0665. The lowest BCUT2D eigenvalue weighted by Crippen LogP contribution is -2.49. The van der Waals surface area contributed by atoms with E-state index in [0.717, 1.165) is 10.4 Å². The van der Waals surface area contributed by atoms with Gasteiger partial charge in [0.1, 0.15) is 5.82 Å². The van der Waals surface area contributed by atoms with Crippen LogP contribution in [0.2, 0.25) is 5.02 Å². The summed E-state index contributed by atoms with van der Waals surface area (Å²) in [7, 11) is -3.94. The van der Waals surface area contributed by atoms with Crippen molar-refractivity contribution < 1.29 is 22.4 Å². The van der Waals surface area contributed by atoms with E-state index >= 15 is 0 Å². The zero-order chi connectivity index (χ0) is 19.6. The Balaban J connectivity index is 1.85. The standard InChI is InChI=1S/C17H15ClFN3O4S/c18-12-4-5-14(19)15(9-12)21-17(24)11-2-1-3-13(8-11)27(25,26)22-7-6-20-16(23)10-22/h1-5,8-9H,6-7,10H2,(H,20,23)(H,21,24). The van der Waals surface area contributed by atoms with Crippen LogP contribution in [0, 0.1) is 5.82 Å². The van der Waals surface area contributed by atoms with E-state index in [1.165, 1.54) is 36.4 Å². The van der Waals surface area contributed by atoms with E-state index in [4.69, 9.17) is 11.6 Å². The van der Waals surface area contributed by atoms with Crippen LogP contribution in [0.25, 0.3) is 0 Å². The highest BCUT2D eigenvalue weighted by Gasteiger charge is 2.29. The average Bonchev–Trinajstić information content (AvgIpc) is 2.65. The molecule has 7 nitrogen and oxygen atoms in total. The molecule has 142 valence electrons. The van der Waals surface area contributed by atoms with Crippen molar-refractivity contribution in [3.05, 3.63) is 58.9 Å². The molecule has 0 unspecified atom stereocenters. The molecule has 27 heavy (non-hydrogen) atoms. The van der Waals surface area contributed by atoms with E-state index in [1.807, 2.05) is 0 Å². The SMILES string of the molecule is O=C1CN(S(=O)(=O)c2cccc(C(=O)Nc3cc(Cl)ccc3F)c2)CCN1. The predicted octanol–water partition coefficient (Wildman–Crippen LogP) is 1.85. The van der Waals surface area contributed by atoms with Gasteiger partial charge in [-0.2, -0.15) is 4.31 Å². The fourth-order valence-electron chi connectivity index (χ4n) is 2.55. The molecule has 10 heteroatoms. The van der Waals surface area contributed by atoms with Gasteiger partial charge in [0.15, 0.2) is 0 Å². The minimum absolute atomic E-state index is 0.0249. The predicted molar refractivity (Wildman–Crippen MR) is 97.6 cm³/mol. The molecule has 2 N–H and O–H groups in total. The Labute approximate surface area is 160 Å². The topological polar surface area (TPSA) is 95.6 Å². The number of nitrogens with one attached hydrogen (secondary N) is 2. The third-order valence-electron chi connectivity index (χ3n) is 3.91. The smallest absolute Gasteiger partial charge is 0.255 e. The highest BCUT2D eigenvalue weighted by Crippen LogP contribution is 2.22. The number of rotatable bonds is 4. The number of piperazine rings is 1. The molecule has 2 aromatic carbocycles. The molecular weight excluding hydrogens is 397 g/mol. The quantitative estimate of drug-likeness (QED) is 0.802. The lowest BCUT2D eigenvalue weighted by atomic mass is 10.2. The number of nitrogens with zero attached hydrogens (tertiary/aromatic N) is 1. The van der Waals surface area contributed by atoms with Gasteiger partial charge < -0.3 is 10.6 Å². The van der Waals surface area contributed by atoms with Crippen molar-refractivity contribution in [3.8, 4) is 0 Å². The summed E-state index contributed by atoms with van der Waals surface area (Å²) in [4.78, 5) is 23.7. The van der Waals surface area contributed by atoms with Crippen LogP contribution in [0.4, 0.5) is 10.1 Å². The summed E-state index contributed by atoms with van der Waals surface area (Å²) in [5.41, 5.74) is -0.0922. The first-order chi connectivity index (χ1) is 12.8. The van der Waals surface area contributed by atoms with Crippen LogP contribution in [0.3, 0.4) is 0 Å². The molecule has 3 rings (SSSR count). The highest BCUT2D eigenvalue weighted by atomic mass is 35.5. The van der Waals surface area contributed by atoms with Gasteiger partial charge in [-0.05, 0) is 36.4 Å². The van der Waals surface area contributed by atoms with Crippen molar-refractivity contribution in [2.24, 2.45) is 0 Å². The summed E-state index contributed by atoms with van der Waals surface area (Å²) < 4.78 is 40.2. The molecule has 0 aromatic heterocycles. The Hall–Kier alpha value is -2.49. The third-order valence-corrected chi connectivity index (χ3v) is 5.99. The van der Waals surface area contributed by atoms with E-state index in [2.05, 4.69) is 10.6 Å². The van der Waals surface area contributed by atoms with Crippen molar-refractivity contribution in [2.45, 2.75) is 4.90 Å². The molecule has 0 atom stereocenters. The van der Waals surface area contributed by atoms with Crippen LogP contribution in [-0.2, 0) is 14.8 Å². The summed E-state index contributed by atoms with van der Waals surface area (Å²) in [5.74, 6) is -1.75. The van der Waals surface area contributed by atoms with Crippen molar-refractivity contribution in [1.29, 1.82) is 0 Å². The minimum Gasteiger partial charge on any atom is -0.354 e. The van der Waals surface area contributed by atoms with E-state index in [1.54, 1.807) is 0 Å². The van der Waals surface area contributed by atoms with Crippen LogP contribution in [-0.4, -0.2) is 44.2 Å². The fourth-order valence-corrected chi connectivity index (χ4v) is 4.17. The Bertz CT molecular complexity index is 1010. The van der Waals surface area contributed by atoms with Crippen molar-refractivity contribution in [2.75, 3.05) is 25.0 Å². The molecule has 1 heterocycles. The van der Waals surface area contributed by atoms with Crippen LogP contribution < -0.4 is 10.6 Å². The molecule has 1 aliphatic rings. The number of hydrogen-bond acceptors (Lipinski definition) is 4. The second-order valence-electron chi connectivity index (χ2n) is 5.79. The van der Waals surface area contributed by atoms with Crippen LogP contribution in [0.15, 0.2) is 47.4 Å². The minimum atomic E-state index is -3.94. The van der Waals surface area contributed by atoms with Gasteiger partial charge in [0.05, 0.1) is 17.1 Å². The number of anilines is 1. The first-order valence-electron chi connectivity index (χ1n) is 7.91. The second kappa shape index (κ2) is 7.63. The summed E-state index contributed by atoms with van der Waals surface area (Å²) in [5, 5.41) is 5.15. The molecule has 1 aliphatic heterocycles. The molecular formula is C17H15ClFN3O4S. The van der Waals surface area contributed by atoms with E-state index in [0.29, 0.717) is 0 Å². The largest absolute Gasteiger partial charge is 0.354 e. The monoisotopic (exact) mass is 411 g/mol. The maximum Gasteiger partial charge on any atom is 0.255 e. The summed E-state index contributed by atoms with van der Waals surface area (Å²) in [6, 6.07) is 9.02. The molecule has 0 aliphatic carbocycles. The second-order valence-corrected chi connectivity index (χ2v) is 8.17. The lowest BCUT2D eigenvalue weighted by Gasteiger charge is -2.26. The molecule has 0 radical (unpaired) electrons. The van der Waals surface area contributed by atoms with Crippen LogP contribution in [0.5, 0.6) is 0 Å². The normalized spacial score (nSPS) is 15.3. The number of carbonyl (C=O) groups is 2. The van der Waals surface area contributed by atoms with Gasteiger partial charge in [0.2, 0.25) is 15.9 Å². The molecule has 1 saturated heterocycles. The van der Waals surface area contributed by atoms with Gasteiger partial charge >= 0.3 is 0 Å².